The fourth-order valence-electron chi connectivity index (χ4n) is 2.01. The summed E-state index contributed by atoms with van der Waals surface area (Å²) in [6, 6.07) is 5.19. The molecule has 4 heteroatoms. The van der Waals surface area contributed by atoms with Gasteiger partial charge in [-0.2, -0.15) is 11.8 Å². The van der Waals surface area contributed by atoms with Crippen molar-refractivity contribution in [1.29, 1.82) is 0 Å². The number of rotatable bonds is 2. The topological polar surface area (TPSA) is 3.24 Å². The maximum absolute atomic E-state index is 13.6. The fourth-order valence-corrected chi connectivity index (χ4v) is 3.29. The lowest BCUT2D eigenvalue weighted by Gasteiger charge is -2.33. The largest absolute Gasteiger partial charge is 0.369 e. The van der Waals surface area contributed by atoms with E-state index in [1.54, 1.807) is 6.07 Å². The maximum Gasteiger partial charge on any atom is 0.129 e. The Bertz CT molecular complexity index is 372. The second-order valence-electron chi connectivity index (χ2n) is 4.00. The van der Waals surface area contributed by atoms with Gasteiger partial charge in [0.15, 0.2) is 0 Å². The first kappa shape index (κ1) is 12.1. The zero-order chi connectivity index (χ0) is 11.5. The van der Waals surface area contributed by atoms with Crippen LogP contribution in [0.1, 0.15) is 12.5 Å². The van der Waals surface area contributed by atoms with Gasteiger partial charge in [-0.25, -0.2) is 4.39 Å². The van der Waals surface area contributed by atoms with Crippen LogP contribution in [0.2, 0.25) is 0 Å². The van der Waals surface area contributed by atoms with Crippen molar-refractivity contribution in [3.8, 4) is 0 Å². The smallest absolute Gasteiger partial charge is 0.129 e. The molecular weight excluding hydrogens is 245 g/mol. The highest BCUT2D eigenvalue weighted by molar-refractivity contribution is 8.00. The zero-order valence-corrected chi connectivity index (χ0v) is 10.8. The molecule has 0 N–H and O–H groups in total. The van der Waals surface area contributed by atoms with Gasteiger partial charge in [-0.3, -0.25) is 0 Å². The summed E-state index contributed by atoms with van der Waals surface area (Å²) in [4.78, 5) is 2.24. The average Bonchev–Trinajstić information content (AvgIpc) is 2.28. The first-order valence-electron chi connectivity index (χ1n) is 5.42. The van der Waals surface area contributed by atoms with Crippen molar-refractivity contribution in [2.45, 2.75) is 18.1 Å². The van der Waals surface area contributed by atoms with Gasteiger partial charge >= 0.3 is 0 Å². The number of hydrogen-bond donors (Lipinski definition) is 0. The molecule has 1 aromatic carbocycles. The molecule has 0 radical (unpaired) electrons. The Morgan fingerprint density at radius 1 is 1.56 bits per heavy atom. The van der Waals surface area contributed by atoms with E-state index in [0.717, 1.165) is 24.5 Å². The molecule has 1 nitrogen and oxygen atoms in total. The normalized spacial score (nSPS) is 21.2. The summed E-state index contributed by atoms with van der Waals surface area (Å²) in [6.07, 6.45) is 0. The third kappa shape index (κ3) is 2.46. The molecule has 1 aromatic rings. The van der Waals surface area contributed by atoms with Crippen LogP contribution in [0.4, 0.5) is 10.1 Å². The van der Waals surface area contributed by atoms with Crippen LogP contribution < -0.4 is 4.90 Å². The number of alkyl halides is 1. The predicted molar refractivity (Wildman–Crippen MR) is 70.1 cm³/mol. The summed E-state index contributed by atoms with van der Waals surface area (Å²) >= 11 is 7.79. The monoisotopic (exact) mass is 259 g/mol. The fraction of sp³-hybridized carbons (Fsp3) is 0.500. The Kier molecular flexibility index (Phi) is 3.98. The van der Waals surface area contributed by atoms with E-state index < -0.39 is 0 Å². The highest BCUT2D eigenvalue weighted by Gasteiger charge is 2.20. The molecule has 1 atom stereocenters. The predicted octanol–water partition coefficient (Wildman–Crippen LogP) is 3.51. The molecule has 1 fully saturated rings. The number of anilines is 1. The lowest BCUT2D eigenvalue weighted by molar-refractivity contribution is 0.615. The summed E-state index contributed by atoms with van der Waals surface area (Å²) in [6.45, 7) is 4.15. The lowest BCUT2D eigenvalue weighted by atomic mass is 10.1. The highest BCUT2D eigenvalue weighted by Crippen LogP contribution is 2.29. The third-order valence-corrected chi connectivity index (χ3v) is 4.21. The van der Waals surface area contributed by atoms with Crippen LogP contribution in [0.15, 0.2) is 18.2 Å². The quantitative estimate of drug-likeness (QED) is 0.748. The zero-order valence-electron chi connectivity index (χ0n) is 9.25. The van der Waals surface area contributed by atoms with E-state index >= 15 is 0 Å². The molecule has 16 heavy (non-hydrogen) atoms. The molecule has 0 spiro atoms. The molecule has 1 aliphatic rings. The van der Waals surface area contributed by atoms with Crippen LogP contribution in [0.3, 0.4) is 0 Å². The number of halogens is 2. The van der Waals surface area contributed by atoms with Crippen LogP contribution in [0.5, 0.6) is 0 Å². The van der Waals surface area contributed by atoms with Crippen molar-refractivity contribution < 1.29 is 4.39 Å². The van der Waals surface area contributed by atoms with Crippen LogP contribution >= 0.6 is 23.4 Å². The van der Waals surface area contributed by atoms with Crippen LogP contribution in [0, 0.1) is 5.82 Å². The van der Waals surface area contributed by atoms with Gasteiger partial charge in [-0.1, -0.05) is 13.0 Å². The van der Waals surface area contributed by atoms with Crippen molar-refractivity contribution in [2.75, 3.05) is 23.7 Å². The van der Waals surface area contributed by atoms with Gasteiger partial charge < -0.3 is 4.90 Å². The Morgan fingerprint density at radius 2 is 2.38 bits per heavy atom. The SMILES string of the molecule is CC1CN(c2cccc(F)c2CCl)CCS1. The Labute approximate surface area is 105 Å². The van der Waals surface area contributed by atoms with Crippen molar-refractivity contribution in [3.63, 3.8) is 0 Å². The van der Waals surface area contributed by atoms with E-state index in [1.807, 2.05) is 17.8 Å². The van der Waals surface area contributed by atoms with Gasteiger partial charge in [0, 0.05) is 35.3 Å². The van der Waals surface area contributed by atoms with Crippen LogP contribution in [-0.2, 0) is 5.88 Å². The van der Waals surface area contributed by atoms with Crippen LogP contribution in [0.25, 0.3) is 0 Å². The second-order valence-corrected chi connectivity index (χ2v) is 5.81. The van der Waals surface area contributed by atoms with Gasteiger partial charge in [-0.15, -0.1) is 11.6 Å². The Hall–Kier alpha value is -0.410. The molecule has 1 saturated heterocycles. The summed E-state index contributed by atoms with van der Waals surface area (Å²) in [5, 5.41) is 0.597. The minimum Gasteiger partial charge on any atom is -0.369 e. The summed E-state index contributed by atoms with van der Waals surface area (Å²) < 4.78 is 13.6. The molecule has 0 bridgehead atoms. The molecule has 0 aromatic heterocycles. The molecular formula is C12H15ClFNS. The first-order valence-corrected chi connectivity index (χ1v) is 7.00. The molecule has 1 aliphatic heterocycles. The van der Waals surface area contributed by atoms with E-state index in [-0.39, 0.29) is 11.7 Å². The summed E-state index contributed by atoms with van der Waals surface area (Å²) in [5.41, 5.74) is 1.59. The van der Waals surface area contributed by atoms with Gasteiger partial charge in [-0.05, 0) is 12.1 Å². The van der Waals surface area contributed by atoms with E-state index in [9.17, 15) is 4.39 Å². The van der Waals surface area contributed by atoms with Crippen molar-refractivity contribution in [1.82, 2.24) is 0 Å². The van der Waals surface area contributed by atoms with Gasteiger partial charge in [0.25, 0.3) is 0 Å². The van der Waals surface area contributed by atoms with Crippen molar-refractivity contribution in [2.24, 2.45) is 0 Å². The number of nitrogens with zero attached hydrogens (tertiary/aromatic N) is 1. The number of benzene rings is 1. The van der Waals surface area contributed by atoms with Gasteiger partial charge in [0.2, 0.25) is 0 Å². The van der Waals surface area contributed by atoms with E-state index in [0.29, 0.717) is 10.8 Å². The van der Waals surface area contributed by atoms with E-state index in [4.69, 9.17) is 11.6 Å². The number of hydrogen-bond acceptors (Lipinski definition) is 2. The highest BCUT2D eigenvalue weighted by atomic mass is 35.5. The lowest BCUT2D eigenvalue weighted by Crippen LogP contribution is -2.37. The third-order valence-electron chi connectivity index (χ3n) is 2.81. The summed E-state index contributed by atoms with van der Waals surface area (Å²) in [7, 11) is 0. The standard InChI is InChI=1S/C12H15ClFNS/c1-9-8-15(5-6-16-9)12-4-2-3-11(14)10(12)7-13/h2-4,9H,5-8H2,1H3. The van der Waals surface area contributed by atoms with Crippen LogP contribution in [-0.4, -0.2) is 24.1 Å². The van der Waals surface area contributed by atoms with Crippen molar-refractivity contribution >= 4 is 29.1 Å². The van der Waals surface area contributed by atoms with Crippen molar-refractivity contribution in [3.05, 3.63) is 29.6 Å². The molecule has 88 valence electrons. The molecule has 0 aliphatic carbocycles. The minimum absolute atomic E-state index is 0.196. The Morgan fingerprint density at radius 3 is 3.06 bits per heavy atom. The molecule has 1 heterocycles. The molecule has 1 unspecified atom stereocenters. The van der Waals surface area contributed by atoms with Gasteiger partial charge in [0.05, 0.1) is 5.88 Å². The van der Waals surface area contributed by atoms with E-state index in [2.05, 4.69) is 11.8 Å². The second kappa shape index (κ2) is 5.28. The molecule has 0 saturated carbocycles. The summed E-state index contributed by atoms with van der Waals surface area (Å²) in [5.74, 6) is 1.14. The minimum atomic E-state index is -0.196. The molecule has 0 amide bonds. The molecule has 2 rings (SSSR count). The average molecular weight is 260 g/mol. The maximum atomic E-state index is 13.6. The van der Waals surface area contributed by atoms with Gasteiger partial charge in [0.1, 0.15) is 5.82 Å². The first-order chi connectivity index (χ1) is 7.72. The Balaban J connectivity index is 2.28. The number of thioether (sulfide) groups is 1. The van der Waals surface area contributed by atoms with E-state index in [1.165, 1.54) is 6.07 Å².